The summed E-state index contributed by atoms with van der Waals surface area (Å²) in [6, 6.07) is 2.83. The van der Waals surface area contributed by atoms with E-state index in [1.165, 1.54) is 0 Å². The summed E-state index contributed by atoms with van der Waals surface area (Å²) in [6.07, 6.45) is 0. The maximum Gasteiger partial charge on any atom is 0.352 e. The second-order valence-electron chi connectivity index (χ2n) is 2.99. The van der Waals surface area contributed by atoms with E-state index in [1.807, 2.05) is 0 Å². The lowest BCUT2D eigenvalue weighted by atomic mass is 9.94. The fourth-order valence-corrected chi connectivity index (χ4v) is 1.25. The first-order chi connectivity index (χ1) is 7.30. The Morgan fingerprint density at radius 3 is 2.06 bits per heavy atom. The molecule has 0 aromatic heterocycles. The number of carboxylic acids is 2. The molecule has 86 valence electrons. The zero-order valence-electron chi connectivity index (χ0n) is 7.72. The Morgan fingerprint density at radius 2 is 1.69 bits per heavy atom. The summed E-state index contributed by atoms with van der Waals surface area (Å²) >= 11 is 5.48. The zero-order valence-corrected chi connectivity index (χ0v) is 8.47. The van der Waals surface area contributed by atoms with Gasteiger partial charge in [0.25, 0.3) is 5.60 Å². The molecule has 0 saturated heterocycles. The highest BCUT2D eigenvalue weighted by Gasteiger charge is 2.46. The van der Waals surface area contributed by atoms with Gasteiger partial charge >= 0.3 is 11.9 Å². The van der Waals surface area contributed by atoms with Crippen molar-refractivity contribution in [2.24, 2.45) is 0 Å². The Hall–Kier alpha value is -1.79. The third kappa shape index (κ3) is 1.80. The largest absolute Gasteiger partial charge is 0.506 e. The van der Waals surface area contributed by atoms with Crippen LogP contribution in [0.4, 0.5) is 0 Å². The number of halogens is 1. The number of hydrogen-bond acceptors (Lipinski definition) is 4. The lowest BCUT2D eigenvalue weighted by Gasteiger charge is -2.18. The van der Waals surface area contributed by atoms with E-state index in [0.717, 1.165) is 18.2 Å². The van der Waals surface area contributed by atoms with Crippen molar-refractivity contribution in [3.05, 3.63) is 28.8 Å². The van der Waals surface area contributed by atoms with Gasteiger partial charge < -0.3 is 20.4 Å². The van der Waals surface area contributed by atoms with Crippen LogP contribution in [-0.2, 0) is 15.2 Å². The Bertz CT molecular complexity index is 441. The van der Waals surface area contributed by atoms with Gasteiger partial charge in [0.15, 0.2) is 0 Å². The predicted octanol–water partition coefficient (Wildman–Crippen LogP) is 0.402. The molecule has 0 spiro atoms. The lowest BCUT2D eigenvalue weighted by molar-refractivity contribution is -0.177. The second-order valence-corrected chi connectivity index (χ2v) is 3.39. The SMILES string of the molecule is O=C(O)C(O)(C(=O)O)c1ccc(O)c(Cl)c1. The normalized spacial score (nSPS) is 11.1. The summed E-state index contributed by atoms with van der Waals surface area (Å²) in [5.41, 5.74) is -3.53. The summed E-state index contributed by atoms with van der Waals surface area (Å²) in [7, 11) is 0. The van der Waals surface area contributed by atoms with Crippen LogP contribution >= 0.6 is 11.6 Å². The molecule has 0 heterocycles. The van der Waals surface area contributed by atoms with Crippen molar-refractivity contribution < 1.29 is 30.0 Å². The van der Waals surface area contributed by atoms with Crippen LogP contribution in [-0.4, -0.2) is 32.4 Å². The van der Waals surface area contributed by atoms with Crippen molar-refractivity contribution in [3.8, 4) is 5.75 Å². The van der Waals surface area contributed by atoms with Crippen molar-refractivity contribution in [3.63, 3.8) is 0 Å². The minimum Gasteiger partial charge on any atom is -0.506 e. The highest BCUT2D eigenvalue weighted by atomic mass is 35.5. The van der Waals surface area contributed by atoms with Gasteiger partial charge in [-0.15, -0.1) is 0 Å². The van der Waals surface area contributed by atoms with Crippen molar-refractivity contribution >= 4 is 23.5 Å². The molecular weight excluding hydrogens is 240 g/mol. The van der Waals surface area contributed by atoms with Gasteiger partial charge in [-0.25, -0.2) is 9.59 Å². The van der Waals surface area contributed by atoms with E-state index in [0.29, 0.717) is 0 Å². The van der Waals surface area contributed by atoms with Gasteiger partial charge in [0.05, 0.1) is 5.02 Å². The summed E-state index contributed by atoms with van der Waals surface area (Å²) in [4.78, 5) is 21.4. The van der Waals surface area contributed by atoms with Crippen LogP contribution in [0.25, 0.3) is 0 Å². The van der Waals surface area contributed by atoms with Gasteiger partial charge in [0.2, 0.25) is 0 Å². The van der Waals surface area contributed by atoms with Gasteiger partial charge in [-0.3, -0.25) is 0 Å². The third-order valence-corrected chi connectivity index (χ3v) is 2.29. The first-order valence-electron chi connectivity index (χ1n) is 3.98. The molecular formula is C9H7ClO6. The molecule has 0 fully saturated rings. The Morgan fingerprint density at radius 1 is 1.19 bits per heavy atom. The number of phenolic OH excluding ortho intramolecular Hbond substituents is 1. The van der Waals surface area contributed by atoms with E-state index < -0.39 is 23.1 Å². The fourth-order valence-electron chi connectivity index (χ4n) is 1.07. The van der Waals surface area contributed by atoms with Crippen LogP contribution in [0.2, 0.25) is 5.02 Å². The van der Waals surface area contributed by atoms with Crippen molar-refractivity contribution in [2.75, 3.05) is 0 Å². The first-order valence-corrected chi connectivity index (χ1v) is 4.36. The molecule has 16 heavy (non-hydrogen) atoms. The minimum atomic E-state index is -3.09. The summed E-state index contributed by atoms with van der Waals surface area (Å²) in [5.74, 6) is -4.23. The number of aromatic hydroxyl groups is 1. The maximum atomic E-state index is 10.7. The molecule has 0 unspecified atom stereocenters. The van der Waals surface area contributed by atoms with Gasteiger partial charge in [-0.1, -0.05) is 17.7 Å². The summed E-state index contributed by atoms with van der Waals surface area (Å²) in [5, 5.41) is 35.7. The zero-order chi connectivity index (χ0) is 12.5. The molecule has 0 atom stereocenters. The third-order valence-electron chi connectivity index (χ3n) is 1.98. The molecule has 0 saturated carbocycles. The van der Waals surface area contributed by atoms with E-state index in [9.17, 15) is 14.7 Å². The first kappa shape index (κ1) is 12.3. The number of benzene rings is 1. The molecule has 0 aliphatic rings. The average Bonchev–Trinajstić information content (AvgIpc) is 2.20. The molecule has 0 amide bonds. The molecule has 0 aliphatic carbocycles. The maximum absolute atomic E-state index is 10.7. The van der Waals surface area contributed by atoms with E-state index in [-0.39, 0.29) is 10.8 Å². The van der Waals surface area contributed by atoms with Gasteiger partial charge in [0.1, 0.15) is 5.75 Å². The number of rotatable bonds is 3. The number of phenols is 1. The van der Waals surface area contributed by atoms with Gasteiger partial charge in [-0.2, -0.15) is 0 Å². The number of aliphatic carboxylic acids is 2. The highest BCUT2D eigenvalue weighted by Crippen LogP contribution is 2.30. The van der Waals surface area contributed by atoms with Crippen LogP contribution in [0.3, 0.4) is 0 Å². The molecule has 1 aromatic rings. The molecule has 0 radical (unpaired) electrons. The predicted molar refractivity (Wildman–Crippen MR) is 52.3 cm³/mol. The lowest BCUT2D eigenvalue weighted by Crippen LogP contribution is -2.43. The highest BCUT2D eigenvalue weighted by molar-refractivity contribution is 6.32. The summed E-state index contributed by atoms with van der Waals surface area (Å²) in [6.45, 7) is 0. The monoisotopic (exact) mass is 246 g/mol. The standard InChI is InChI=1S/C9H7ClO6/c10-5-3-4(1-2-6(5)11)9(16,7(12)13)8(14)15/h1-3,11,16H,(H,12,13)(H,14,15). The molecule has 1 aromatic carbocycles. The molecule has 0 aliphatic heterocycles. The topological polar surface area (TPSA) is 115 Å². The Kier molecular flexibility index (Phi) is 3.06. The number of hydrogen-bond donors (Lipinski definition) is 4. The molecule has 4 N–H and O–H groups in total. The number of aliphatic hydroxyl groups is 1. The van der Waals surface area contributed by atoms with Gasteiger partial charge in [0, 0.05) is 5.56 Å². The Labute approximate surface area is 94.3 Å². The molecule has 0 bridgehead atoms. The number of carbonyl (C=O) groups is 2. The van der Waals surface area contributed by atoms with E-state index >= 15 is 0 Å². The van der Waals surface area contributed by atoms with E-state index in [2.05, 4.69) is 0 Å². The van der Waals surface area contributed by atoms with E-state index in [1.54, 1.807) is 0 Å². The van der Waals surface area contributed by atoms with Crippen LogP contribution in [0.1, 0.15) is 5.56 Å². The van der Waals surface area contributed by atoms with E-state index in [4.69, 9.17) is 26.9 Å². The van der Waals surface area contributed by atoms with Gasteiger partial charge in [-0.05, 0) is 12.1 Å². The Balaban J connectivity index is 3.39. The average molecular weight is 247 g/mol. The second kappa shape index (κ2) is 3.99. The molecule has 7 heteroatoms. The van der Waals surface area contributed by atoms with Crippen molar-refractivity contribution in [1.29, 1.82) is 0 Å². The quantitative estimate of drug-likeness (QED) is 0.574. The number of carboxylic acid groups (broad SMARTS) is 2. The van der Waals surface area contributed by atoms with Crippen LogP contribution in [0.5, 0.6) is 5.75 Å². The van der Waals surface area contributed by atoms with Crippen LogP contribution in [0.15, 0.2) is 18.2 Å². The summed E-state index contributed by atoms with van der Waals surface area (Å²) < 4.78 is 0. The van der Waals surface area contributed by atoms with Crippen LogP contribution < -0.4 is 0 Å². The van der Waals surface area contributed by atoms with Crippen LogP contribution in [0, 0.1) is 0 Å². The fraction of sp³-hybridized carbons (Fsp3) is 0.111. The molecule has 6 nitrogen and oxygen atoms in total. The smallest absolute Gasteiger partial charge is 0.352 e. The molecule has 1 rings (SSSR count). The van der Waals surface area contributed by atoms with Crippen molar-refractivity contribution in [1.82, 2.24) is 0 Å². The minimum absolute atomic E-state index is 0.251. The van der Waals surface area contributed by atoms with Crippen molar-refractivity contribution in [2.45, 2.75) is 5.60 Å².